The van der Waals surface area contributed by atoms with Gasteiger partial charge in [-0.15, -0.1) is 0 Å². The van der Waals surface area contributed by atoms with Gasteiger partial charge in [-0.25, -0.2) is 0 Å². The Morgan fingerprint density at radius 2 is 1.94 bits per heavy atom. The summed E-state index contributed by atoms with van der Waals surface area (Å²) in [4.78, 5) is 20.2. The highest BCUT2D eigenvalue weighted by atomic mass is 16.3. The van der Waals surface area contributed by atoms with E-state index in [1.54, 1.807) is 0 Å². The van der Waals surface area contributed by atoms with Crippen LogP contribution in [0.25, 0.3) is 0 Å². The number of hydrogen-bond donors (Lipinski definition) is 1. The minimum atomic E-state index is -0.500. The van der Waals surface area contributed by atoms with Crippen LogP contribution in [0.3, 0.4) is 0 Å². The fourth-order valence-corrected chi connectivity index (χ4v) is 1.30. The van der Waals surface area contributed by atoms with Gasteiger partial charge in [-0.05, 0) is 6.07 Å². The number of carbonyl (C=O) groups excluding carboxylic acids is 2. The lowest BCUT2D eigenvalue weighted by molar-refractivity contribution is -0.386. The number of carboxylic acid groups (broad SMARTS) is 1. The molecule has 0 heterocycles. The summed E-state index contributed by atoms with van der Waals surface area (Å²) in [6.45, 7) is 6.04. The molecule has 0 amide bonds. The maximum atomic E-state index is 11.9. The van der Waals surface area contributed by atoms with E-state index < -0.39 is 6.47 Å². The summed E-state index contributed by atoms with van der Waals surface area (Å²) in [5, 5.41) is 8.25. The zero-order valence-corrected chi connectivity index (χ0v) is 10.5. The molecule has 17 heavy (non-hydrogen) atoms. The Morgan fingerprint density at radius 3 is 2.35 bits per heavy atom. The lowest BCUT2D eigenvalue weighted by atomic mass is 9.86. The first-order valence-electron chi connectivity index (χ1n) is 5.35. The van der Waals surface area contributed by atoms with E-state index in [1.165, 1.54) is 0 Å². The molecule has 0 aliphatic heterocycles. The SMILES string of the molecule is CC(C)(C)C(=O)c1cccc(C[NH3+])c1.O=C[O-]. The van der Waals surface area contributed by atoms with Crippen molar-refractivity contribution in [3.63, 3.8) is 0 Å². The van der Waals surface area contributed by atoms with Gasteiger partial charge in [0.2, 0.25) is 0 Å². The van der Waals surface area contributed by atoms with Gasteiger partial charge in [-0.1, -0.05) is 39.0 Å². The molecule has 3 N–H and O–H groups in total. The molecule has 0 aliphatic carbocycles. The van der Waals surface area contributed by atoms with Crippen LogP contribution in [0.5, 0.6) is 0 Å². The molecule has 0 aromatic heterocycles. The number of rotatable bonds is 2. The molecule has 94 valence electrons. The van der Waals surface area contributed by atoms with E-state index >= 15 is 0 Å². The monoisotopic (exact) mass is 237 g/mol. The number of Topliss-reactive ketones (excluding diaryl/α,β-unsaturated/α-hetero) is 1. The maximum absolute atomic E-state index is 11.9. The Labute approximate surface area is 101 Å². The summed E-state index contributed by atoms with van der Waals surface area (Å²) in [6.07, 6.45) is 0. The highest BCUT2D eigenvalue weighted by molar-refractivity contribution is 5.99. The first-order valence-corrected chi connectivity index (χ1v) is 5.35. The van der Waals surface area contributed by atoms with Crippen LogP contribution >= 0.6 is 0 Å². The van der Waals surface area contributed by atoms with Gasteiger partial charge in [-0.2, -0.15) is 0 Å². The molecule has 0 aliphatic rings. The van der Waals surface area contributed by atoms with Gasteiger partial charge in [0, 0.05) is 23.0 Å². The predicted molar refractivity (Wildman–Crippen MR) is 62.9 cm³/mol. The second kappa shape index (κ2) is 6.81. The van der Waals surface area contributed by atoms with E-state index in [4.69, 9.17) is 9.90 Å². The van der Waals surface area contributed by atoms with E-state index in [-0.39, 0.29) is 11.2 Å². The lowest BCUT2D eigenvalue weighted by Gasteiger charge is -2.16. The number of benzene rings is 1. The van der Waals surface area contributed by atoms with Gasteiger partial charge >= 0.3 is 0 Å². The quantitative estimate of drug-likeness (QED) is 0.581. The molecule has 4 heteroatoms. The fourth-order valence-electron chi connectivity index (χ4n) is 1.30. The van der Waals surface area contributed by atoms with Gasteiger partial charge in [0.15, 0.2) is 5.78 Å². The van der Waals surface area contributed by atoms with Crippen molar-refractivity contribution in [2.24, 2.45) is 5.41 Å². The lowest BCUT2D eigenvalue weighted by Crippen LogP contribution is -2.47. The summed E-state index contributed by atoms with van der Waals surface area (Å²) in [7, 11) is 0. The zero-order chi connectivity index (χ0) is 13.5. The highest BCUT2D eigenvalue weighted by Gasteiger charge is 2.22. The molecular formula is C13H19NO3. The second-order valence-electron chi connectivity index (χ2n) is 4.63. The molecule has 0 atom stereocenters. The van der Waals surface area contributed by atoms with E-state index in [1.807, 2.05) is 45.0 Å². The smallest absolute Gasteiger partial charge is 0.168 e. The highest BCUT2D eigenvalue weighted by Crippen LogP contribution is 2.21. The number of hydrogen-bond acceptors (Lipinski definition) is 3. The average molecular weight is 237 g/mol. The number of ketones is 1. The van der Waals surface area contributed by atoms with E-state index in [0.717, 1.165) is 17.7 Å². The summed E-state index contributed by atoms with van der Waals surface area (Å²) in [6, 6.07) is 7.71. The van der Waals surface area contributed by atoms with Gasteiger partial charge in [0.1, 0.15) is 0 Å². The molecular weight excluding hydrogens is 218 g/mol. The molecule has 0 saturated carbocycles. The van der Waals surface area contributed by atoms with Crippen molar-refractivity contribution in [3.8, 4) is 0 Å². The third-order valence-corrected chi connectivity index (χ3v) is 2.16. The van der Waals surface area contributed by atoms with Crippen LogP contribution in [0.15, 0.2) is 24.3 Å². The summed E-state index contributed by atoms with van der Waals surface area (Å²) >= 11 is 0. The van der Waals surface area contributed by atoms with Gasteiger partial charge in [0.05, 0.1) is 6.54 Å². The van der Waals surface area contributed by atoms with Gasteiger partial charge < -0.3 is 15.6 Å². The molecule has 4 nitrogen and oxygen atoms in total. The Kier molecular flexibility index (Phi) is 6.13. The van der Waals surface area contributed by atoms with Gasteiger partial charge in [-0.3, -0.25) is 4.79 Å². The van der Waals surface area contributed by atoms with Crippen molar-refractivity contribution in [3.05, 3.63) is 35.4 Å². The van der Waals surface area contributed by atoms with Crippen LogP contribution in [-0.2, 0) is 11.3 Å². The molecule has 1 aromatic carbocycles. The average Bonchev–Trinajstić information content (AvgIpc) is 2.28. The van der Waals surface area contributed by atoms with Crippen molar-refractivity contribution in [2.45, 2.75) is 27.3 Å². The second-order valence-corrected chi connectivity index (χ2v) is 4.63. The third kappa shape index (κ3) is 5.26. The molecule has 0 bridgehead atoms. The normalized spacial score (nSPS) is 10.1. The van der Waals surface area contributed by atoms with Crippen LogP contribution in [0, 0.1) is 5.41 Å². The van der Waals surface area contributed by atoms with Crippen molar-refractivity contribution >= 4 is 12.3 Å². The van der Waals surface area contributed by atoms with E-state index in [9.17, 15) is 4.79 Å². The molecule has 0 spiro atoms. The van der Waals surface area contributed by atoms with Crippen molar-refractivity contribution < 1.29 is 20.4 Å². The molecule has 0 radical (unpaired) electrons. The van der Waals surface area contributed by atoms with E-state index in [0.29, 0.717) is 0 Å². The summed E-state index contributed by atoms with van der Waals surface area (Å²) in [5.74, 6) is 0.188. The number of quaternary nitrogens is 1. The summed E-state index contributed by atoms with van der Waals surface area (Å²) in [5.41, 5.74) is 5.40. The van der Waals surface area contributed by atoms with Crippen molar-refractivity contribution in [1.82, 2.24) is 0 Å². The Bertz CT molecular complexity index is 380. The van der Waals surface area contributed by atoms with Crippen LogP contribution < -0.4 is 10.8 Å². The fraction of sp³-hybridized carbons (Fsp3) is 0.385. The topological polar surface area (TPSA) is 84.8 Å². The Morgan fingerprint density at radius 1 is 1.41 bits per heavy atom. The van der Waals surface area contributed by atoms with Crippen LogP contribution in [0.4, 0.5) is 0 Å². The first kappa shape index (κ1) is 15.3. The minimum absolute atomic E-state index is 0.188. The third-order valence-electron chi connectivity index (χ3n) is 2.16. The zero-order valence-electron chi connectivity index (χ0n) is 10.5. The molecule has 1 rings (SSSR count). The standard InChI is InChI=1S/C12H17NO.CH2O2/c1-12(2,3)11(14)10-6-4-5-9(7-10)8-13;2-1-3/h4-7H,8,13H2,1-3H3;1H,(H,2,3). The predicted octanol–water partition coefficient (Wildman–Crippen LogP) is 0.0234. The maximum Gasteiger partial charge on any atom is 0.168 e. The van der Waals surface area contributed by atoms with Crippen LogP contribution in [0.1, 0.15) is 36.7 Å². The molecule has 1 aromatic rings. The summed E-state index contributed by atoms with van der Waals surface area (Å²) < 4.78 is 0. The van der Waals surface area contributed by atoms with Crippen LogP contribution in [0.2, 0.25) is 0 Å². The Hall–Kier alpha value is -1.68. The van der Waals surface area contributed by atoms with Crippen LogP contribution in [-0.4, -0.2) is 12.3 Å². The molecule has 0 saturated heterocycles. The molecule has 0 unspecified atom stereocenters. The largest absolute Gasteiger partial charge is 0.554 e. The van der Waals surface area contributed by atoms with Crippen molar-refractivity contribution in [1.29, 1.82) is 0 Å². The first-order chi connectivity index (χ1) is 7.86. The van der Waals surface area contributed by atoms with Crippen molar-refractivity contribution in [2.75, 3.05) is 0 Å². The van der Waals surface area contributed by atoms with E-state index in [2.05, 4.69) is 5.73 Å². The van der Waals surface area contributed by atoms with Gasteiger partial charge in [0.25, 0.3) is 0 Å². The Balaban J connectivity index is 0.000000770. The number of carbonyl (C=O) groups is 2. The minimum Gasteiger partial charge on any atom is -0.554 e. The molecule has 0 fully saturated rings.